The van der Waals surface area contributed by atoms with E-state index in [4.69, 9.17) is 0 Å². The van der Waals surface area contributed by atoms with Gasteiger partial charge in [0.15, 0.2) is 11.5 Å². The quantitative estimate of drug-likeness (QED) is 0.229. The van der Waals surface area contributed by atoms with Crippen molar-refractivity contribution >= 4 is 34.9 Å². The summed E-state index contributed by atoms with van der Waals surface area (Å²) in [5, 5.41) is 25.0. The summed E-state index contributed by atoms with van der Waals surface area (Å²) in [6, 6.07) is 9.72. The maximum absolute atomic E-state index is 14.5. The van der Waals surface area contributed by atoms with Crippen LogP contribution in [0, 0.1) is 12.7 Å². The number of halogens is 1. The van der Waals surface area contributed by atoms with Crippen molar-refractivity contribution in [3.8, 4) is 0 Å². The number of hydrogen-bond acceptors (Lipinski definition) is 6. The topological polar surface area (TPSA) is 150 Å². The zero-order chi connectivity index (χ0) is 28.8. The lowest BCUT2D eigenvalue weighted by Crippen LogP contribution is -2.33. The number of nitrogens with zero attached hydrogens (tertiary/aromatic N) is 3. The van der Waals surface area contributed by atoms with Crippen molar-refractivity contribution in [1.82, 2.24) is 30.5 Å². The summed E-state index contributed by atoms with van der Waals surface area (Å²) in [4.78, 5) is 42.3. The summed E-state index contributed by atoms with van der Waals surface area (Å²) in [6.07, 6.45) is 2.27. The molecule has 1 aliphatic carbocycles. The fourth-order valence-electron chi connectivity index (χ4n) is 5.41. The van der Waals surface area contributed by atoms with E-state index in [9.17, 15) is 23.9 Å². The number of urea groups is 1. The van der Waals surface area contributed by atoms with Gasteiger partial charge in [-0.1, -0.05) is 30.8 Å². The van der Waals surface area contributed by atoms with Crippen molar-refractivity contribution < 1.29 is 23.9 Å². The van der Waals surface area contributed by atoms with Gasteiger partial charge in [-0.15, -0.1) is 0 Å². The van der Waals surface area contributed by atoms with Crippen LogP contribution in [0.15, 0.2) is 49.2 Å². The van der Waals surface area contributed by atoms with E-state index in [-0.39, 0.29) is 41.4 Å². The highest BCUT2D eigenvalue weighted by molar-refractivity contribution is 5.98. The third-order valence-corrected chi connectivity index (χ3v) is 7.52. The average Bonchev–Trinajstić information content (AvgIpc) is 3.54. The molecule has 5 N–H and O–H groups in total. The number of aromatic nitrogens is 3. The predicted molar refractivity (Wildman–Crippen MR) is 148 cm³/mol. The molecule has 2 aliphatic rings. The number of benzene rings is 2. The summed E-state index contributed by atoms with van der Waals surface area (Å²) < 4.78 is 15.6. The number of fused-ring (bicyclic) bond motifs is 3. The Morgan fingerprint density at radius 3 is 2.85 bits per heavy atom. The number of anilines is 1. The lowest BCUT2D eigenvalue weighted by atomic mass is 9.97. The van der Waals surface area contributed by atoms with Crippen molar-refractivity contribution in [2.45, 2.75) is 38.9 Å². The Hall–Kier alpha value is -5.26. The first-order chi connectivity index (χ1) is 19.7. The second-order valence-corrected chi connectivity index (χ2v) is 10.1. The minimum absolute atomic E-state index is 0.0147. The Morgan fingerprint density at radius 1 is 1.22 bits per heavy atom. The number of aliphatic hydroxyl groups is 1. The molecule has 0 bridgehead atoms. The highest BCUT2D eigenvalue weighted by Crippen LogP contribution is 2.36. The van der Waals surface area contributed by atoms with Gasteiger partial charge in [-0.3, -0.25) is 9.59 Å². The summed E-state index contributed by atoms with van der Waals surface area (Å²) in [5.74, 6) is -1.94. The molecule has 1 atom stereocenters. The van der Waals surface area contributed by atoms with Crippen LogP contribution in [0.2, 0.25) is 0 Å². The second-order valence-electron chi connectivity index (χ2n) is 10.1. The normalized spacial score (nSPS) is 15.5. The van der Waals surface area contributed by atoms with E-state index in [1.165, 1.54) is 6.07 Å². The monoisotopic (exact) mass is 555 g/mol. The number of amides is 4. The van der Waals surface area contributed by atoms with E-state index < -0.39 is 17.6 Å². The van der Waals surface area contributed by atoms with Gasteiger partial charge >= 0.3 is 6.03 Å². The summed E-state index contributed by atoms with van der Waals surface area (Å²) in [6.45, 7) is 6.04. The van der Waals surface area contributed by atoms with Crippen LogP contribution in [0.3, 0.4) is 0 Å². The van der Waals surface area contributed by atoms with Crippen LogP contribution >= 0.6 is 0 Å². The Kier molecular flexibility index (Phi) is 6.37. The smallest absolute Gasteiger partial charge is 0.319 e. The van der Waals surface area contributed by atoms with Crippen molar-refractivity contribution in [2.75, 3.05) is 5.32 Å². The zero-order valence-corrected chi connectivity index (χ0v) is 22.0. The first kappa shape index (κ1) is 26.0. The molecule has 4 aromatic rings. The molecule has 4 amide bonds. The van der Waals surface area contributed by atoms with Gasteiger partial charge in [-0.05, 0) is 53.6 Å². The molecule has 0 spiro atoms. The Balaban J connectivity index is 1.23. The van der Waals surface area contributed by atoms with Crippen molar-refractivity contribution in [3.05, 3.63) is 99.8 Å². The van der Waals surface area contributed by atoms with Gasteiger partial charge in [0.1, 0.15) is 17.1 Å². The Labute approximate surface area is 233 Å². The minimum Gasteiger partial charge on any atom is -0.508 e. The molecule has 6 rings (SSSR count). The average molecular weight is 556 g/mol. The highest BCUT2D eigenvalue weighted by Gasteiger charge is 2.28. The maximum Gasteiger partial charge on any atom is 0.319 e. The lowest BCUT2D eigenvalue weighted by Gasteiger charge is -2.19. The number of hydrogen-bond donors (Lipinski definition) is 5. The minimum atomic E-state index is -0.772. The van der Waals surface area contributed by atoms with Crippen molar-refractivity contribution in [1.29, 1.82) is 0 Å². The van der Waals surface area contributed by atoms with E-state index in [0.717, 1.165) is 38.5 Å². The standard InChI is InChI=1S/C29H26FN7O4/c1-14-18(15(2)38)5-6-20-19(14)7-8-22(20)35-28(40)25-10-24(34-26-21(30)13-33-37(25)26)27(39)31-11-16-3-4-17-12-32-29(41)36-23(17)9-16/h3-6,9-10,13,22,38H,2,7-8,11-12H2,1H3,(H,31,39)(H,35,40)(H2,32,36,41). The van der Waals surface area contributed by atoms with Crippen LogP contribution in [0.4, 0.5) is 14.9 Å². The molecular weight excluding hydrogens is 529 g/mol. The summed E-state index contributed by atoms with van der Waals surface area (Å²) in [7, 11) is 0. The molecule has 0 saturated carbocycles. The molecule has 12 heteroatoms. The van der Waals surface area contributed by atoms with E-state index in [0.29, 0.717) is 30.6 Å². The zero-order valence-electron chi connectivity index (χ0n) is 22.0. The van der Waals surface area contributed by atoms with Gasteiger partial charge < -0.3 is 26.4 Å². The lowest BCUT2D eigenvalue weighted by molar-refractivity contribution is 0.0929. The van der Waals surface area contributed by atoms with Crippen LogP contribution in [0.25, 0.3) is 11.4 Å². The molecule has 0 fully saturated rings. The Bertz CT molecular complexity index is 1780. The largest absolute Gasteiger partial charge is 0.508 e. The molecule has 1 unspecified atom stereocenters. The van der Waals surface area contributed by atoms with E-state index in [2.05, 4.69) is 37.9 Å². The van der Waals surface area contributed by atoms with Crippen LogP contribution in [0.1, 0.15) is 66.8 Å². The molecule has 0 radical (unpaired) electrons. The number of carbonyl (C=O) groups is 3. The van der Waals surface area contributed by atoms with Crippen LogP contribution in [0.5, 0.6) is 0 Å². The molecule has 1 aliphatic heterocycles. The van der Waals surface area contributed by atoms with Gasteiger partial charge in [0.25, 0.3) is 11.8 Å². The van der Waals surface area contributed by atoms with Crippen molar-refractivity contribution in [2.24, 2.45) is 0 Å². The first-order valence-corrected chi connectivity index (χ1v) is 13.0. The fraction of sp³-hybridized carbons (Fsp3) is 0.207. The summed E-state index contributed by atoms with van der Waals surface area (Å²) in [5.41, 5.74) is 5.39. The highest BCUT2D eigenvalue weighted by atomic mass is 19.1. The molecular formula is C29H26FN7O4. The van der Waals surface area contributed by atoms with Gasteiger partial charge in [0.05, 0.1) is 12.2 Å². The van der Waals surface area contributed by atoms with E-state index in [1.54, 1.807) is 12.1 Å². The second kappa shape index (κ2) is 10.0. The third kappa shape index (κ3) is 4.73. The van der Waals surface area contributed by atoms with Crippen LogP contribution < -0.4 is 21.3 Å². The first-order valence-electron chi connectivity index (χ1n) is 13.0. The van der Waals surface area contributed by atoms with Gasteiger partial charge in [0.2, 0.25) is 0 Å². The molecule has 0 saturated heterocycles. The molecule has 208 valence electrons. The van der Waals surface area contributed by atoms with Gasteiger partial charge in [-0.2, -0.15) is 5.10 Å². The summed E-state index contributed by atoms with van der Waals surface area (Å²) >= 11 is 0. The predicted octanol–water partition coefficient (Wildman–Crippen LogP) is 3.69. The van der Waals surface area contributed by atoms with E-state index >= 15 is 0 Å². The fourth-order valence-corrected chi connectivity index (χ4v) is 5.41. The number of rotatable bonds is 6. The number of carbonyl (C=O) groups excluding carboxylic acids is 3. The molecule has 3 heterocycles. The Morgan fingerprint density at radius 2 is 2.05 bits per heavy atom. The van der Waals surface area contributed by atoms with E-state index in [1.807, 2.05) is 25.1 Å². The maximum atomic E-state index is 14.5. The molecule has 41 heavy (non-hydrogen) atoms. The SMILES string of the molecule is C=C(O)c1ccc2c(c1C)CCC2NC(=O)c1cc(C(=O)NCc2ccc3c(c2)NC(=O)NC3)nc2c(F)cnn12. The van der Waals surface area contributed by atoms with Gasteiger partial charge in [0, 0.05) is 30.4 Å². The van der Waals surface area contributed by atoms with Crippen molar-refractivity contribution in [3.63, 3.8) is 0 Å². The molecule has 2 aromatic heterocycles. The van der Waals surface area contributed by atoms with Crippen LogP contribution in [-0.2, 0) is 19.5 Å². The molecule has 2 aromatic carbocycles. The number of nitrogens with one attached hydrogen (secondary N) is 4. The van der Waals surface area contributed by atoms with Gasteiger partial charge in [-0.25, -0.2) is 18.7 Å². The number of aliphatic hydroxyl groups excluding tert-OH is 1. The third-order valence-electron chi connectivity index (χ3n) is 7.52. The molecule has 11 nitrogen and oxygen atoms in total. The van der Waals surface area contributed by atoms with Crippen LogP contribution in [-0.4, -0.2) is 37.6 Å².